The summed E-state index contributed by atoms with van der Waals surface area (Å²) in [5, 5.41) is 10.2. The molecule has 1 atom stereocenters. The molecular weight excluding hydrogens is 440 g/mol. The van der Waals surface area contributed by atoms with Gasteiger partial charge in [-0.2, -0.15) is 0 Å². The summed E-state index contributed by atoms with van der Waals surface area (Å²) in [5.74, 6) is 6.01. The summed E-state index contributed by atoms with van der Waals surface area (Å²) in [4.78, 5) is 26.6. The Morgan fingerprint density at radius 3 is 2.80 bits per heavy atom. The summed E-state index contributed by atoms with van der Waals surface area (Å²) in [6, 6.07) is 15.1. The fraction of sp³-hybridized carbons (Fsp3) is 0.214. The topological polar surface area (TPSA) is 88.4 Å². The lowest BCUT2D eigenvalue weighted by atomic mass is 9.95. The number of hydrogen-bond acceptors (Lipinski definition) is 6. The minimum Gasteiger partial charge on any atom is -0.478 e. The fourth-order valence-electron chi connectivity index (χ4n) is 4.54. The zero-order valence-corrected chi connectivity index (χ0v) is 19.3. The number of nitrogens with zero attached hydrogens (tertiary/aromatic N) is 4. The van der Waals surface area contributed by atoms with Crippen LogP contribution in [0, 0.1) is 11.8 Å². The number of carboxylic acid groups (broad SMARTS) is 1. The lowest BCUT2D eigenvalue weighted by molar-refractivity contribution is 0.0696. The lowest BCUT2D eigenvalue weighted by Crippen LogP contribution is -2.24. The molecule has 1 aliphatic heterocycles. The summed E-state index contributed by atoms with van der Waals surface area (Å²) in [6.07, 6.45) is 7.10. The quantitative estimate of drug-likeness (QED) is 0.385. The maximum atomic E-state index is 11.2. The minimum absolute atomic E-state index is 0.128. The maximum Gasteiger partial charge on any atom is 0.335 e. The van der Waals surface area contributed by atoms with Crippen LogP contribution in [0.2, 0.25) is 0 Å². The number of aromatic carboxylic acids is 1. The van der Waals surface area contributed by atoms with Crippen LogP contribution in [0.5, 0.6) is 11.6 Å². The van der Waals surface area contributed by atoms with Gasteiger partial charge in [0.1, 0.15) is 12.1 Å². The van der Waals surface area contributed by atoms with Crippen LogP contribution in [0.15, 0.2) is 67.3 Å². The Bertz CT molecular complexity index is 1440. The number of likely N-dealkylation sites (tertiary alicyclic amines) is 1. The van der Waals surface area contributed by atoms with Crippen LogP contribution in [0.25, 0.3) is 22.0 Å². The molecule has 1 aliphatic rings. The average molecular weight is 465 g/mol. The number of ether oxygens (including phenoxy) is 1. The molecule has 0 radical (unpaired) electrons. The Balaban J connectivity index is 1.46. The highest BCUT2D eigenvalue weighted by molar-refractivity contribution is 5.88. The van der Waals surface area contributed by atoms with Crippen molar-refractivity contribution in [3.63, 3.8) is 0 Å². The molecule has 0 aliphatic carbocycles. The number of benzene rings is 2. The van der Waals surface area contributed by atoms with Crippen LogP contribution in [0.3, 0.4) is 0 Å². The van der Waals surface area contributed by atoms with Crippen molar-refractivity contribution in [1.29, 1.82) is 0 Å². The van der Waals surface area contributed by atoms with Gasteiger partial charge in [-0.1, -0.05) is 18.1 Å². The standard InChI is InChI=1S/C28H24N4O3/c1-2-3-12-32-13-4-5-25(32)24-15-21(14-22-17-29-18-31-27(22)24)19-6-8-23(9-7-19)35-26-16-20(28(33)34)10-11-30-26/h6-11,14-18,25H,4-5,12-13H2,1H3,(H,33,34). The van der Waals surface area contributed by atoms with E-state index in [1.807, 2.05) is 37.4 Å². The predicted octanol–water partition coefficient (Wildman–Crippen LogP) is 5.34. The second kappa shape index (κ2) is 9.92. The molecule has 0 saturated carbocycles. The van der Waals surface area contributed by atoms with Gasteiger partial charge in [0.05, 0.1) is 17.6 Å². The number of aromatic nitrogens is 3. The van der Waals surface area contributed by atoms with E-state index < -0.39 is 5.97 Å². The molecule has 4 aromatic rings. The number of hydrogen-bond donors (Lipinski definition) is 1. The molecule has 2 aromatic carbocycles. The normalized spacial score (nSPS) is 15.5. The van der Waals surface area contributed by atoms with E-state index in [1.54, 1.807) is 6.33 Å². The van der Waals surface area contributed by atoms with Crippen LogP contribution in [0.1, 0.15) is 41.7 Å². The maximum absolute atomic E-state index is 11.2. The van der Waals surface area contributed by atoms with E-state index in [0.29, 0.717) is 5.75 Å². The average Bonchev–Trinajstić information content (AvgIpc) is 3.36. The SMILES string of the molecule is CC#CCN1CCCC1c1cc(-c2ccc(Oc3cc(C(=O)O)ccn3)cc2)cc2cncnc12. The van der Waals surface area contributed by atoms with E-state index in [-0.39, 0.29) is 17.5 Å². The predicted molar refractivity (Wildman–Crippen MR) is 133 cm³/mol. The Labute approximate surface area is 203 Å². The van der Waals surface area contributed by atoms with Crippen molar-refractivity contribution >= 4 is 16.9 Å². The molecule has 7 nitrogen and oxygen atoms in total. The van der Waals surface area contributed by atoms with Crippen LogP contribution in [0.4, 0.5) is 0 Å². The number of rotatable bonds is 6. The third-order valence-corrected chi connectivity index (χ3v) is 6.21. The second-order valence-electron chi connectivity index (χ2n) is 8.40. The molecule has 0 spiro atoms. The molecule has 1 fully saturated rings. The molecular formula is C28H24N4O3. The minimum atomic E-state index is -1.02. The monoisotopic (exact) mass is 464 g/mol. The number of carboxylic acids is 1. The van der Waals surface area contributed by atoms with Crippen molar-refractivity contribution < 1.29 is 14.6 Å². The van der Waals surface area contributed by atoms with E-state index in [0.717, 1.165) is 48.0 Å². The zero-order chi connectivity index (χ0) is 24.2. The van der Waals surface area contributed by atoms with Gasteiger partial charge in [-0.15, -0.1) is 5.92 Å². The summed E-state index contributed by atoms with van der Waals surface area (Å²) >= 11 is 0. The van der Waals surface area contributed by atoms with Gasteiger partial charge in [0.15, 0.2) is 0 Å². The highest BCUT2D eigenvalue weighted by Gasteiger charge is 2.27. The first-order valence-corrected chi connectivity index (χ1v) is 11.5. The molecule has 1 saturated heterocycles. The van der Waals surface area contributed by atoms with E-state index in [1.165, 1.54) is 23.9 Å². The van der Waals surface area contributed by atoms with Gasteiger partial charge in [0.25, 0.3) is 0 Å². The van der Waals surface area contributed by atoms with Crippen LogP contribution in [-0.2, 0) is 0 Å². The van der Waals surface area contributed by atoms with E-state index in [2.05, 4.69) is 43.8 Å². The van der Waals surface area contributed by atoms with Crippen LogP contribution in [-0.4, -0.2) is 44.0 Å². The van der Waals surface area contributed by atoms with E-state index in [9.17, 15) is 9.90 Å². The van der Waals surface area contributed by atoms with Gasteiger partial charge < -0.3 is 9.84 Å². The molecule has 1 unspecified atom stereocenters. The van der Waals surface area contributed by atoms with Crippen molar-refractivity contribution in [2.75, 3.05) is 13.1 Å². The van der Waals surface area contributed by atoms with Crippen LogP contribution >= 0.6 is 0 Å². The fourth-order valence-corrected chi connectivity index (χ4v) is 4.54. The van der Waals surface area contributed by atoms with Gasteiger partial charge in [-0.3, -0.25) is 4.90 Å². The number of carbonyl (C=O) groups is 1. The molecule has 1 N–H and O–H groups in total. The molecule has 5 rings (SSSR count). The molecule has 2 aromatic heterocycles. The van der Waals surface area contributed by atoms with Gasteiger partial charge in [-0.05, 0) is 73.3 Å². The largest absolute Gasteiger partial charge is 0.478 e. The Kier molecular flexibility index (Phi) is 6.38. The second-order valence-corrected chi connectivity index (χ2v) is 8.40. The van der Waals surface area contributed by atoms with Gasteiger partial charge in [0, 0.05) is 29.9 Å². The third kappa shape index (κ3) is 4.84. The van der Waals surface area contributed by atoms with Crippen molar-refractivity contribution in [3.8, 4) is 34.6 Å². The van der Waals surface area contributed by atoms with Crippen molar-refractivity contribution in [1.82, 2.24) is 19.9 Å². The first-order valence-electron chi connectivity index (χ1n) is 11.5. The first-order chi connectivity index (χ1) is 17.1. The summed E-state index contributed by atoms with van der Waals surface area (Å²) in [7, 11) is 0. The lowest BCUT2D eigenvalue weighted by Gasteiger charge is -2.24. The van der Waals surface area contributed by atoms with Crippen LogP contribution < -0.4 is 4.74 Å². The van der Waals surface area contributed by atoms with E-state index in [4.69, 9.17) is 4.74 Å². The van der Waals surface area contributed by atoms with Gasteiger partial charge >= 0.3 is 5.97 Å². The Morgan fingerprint density at radius 2 is 2.00 bits per heavy atom. The Hall–Kier alpha value is -4.28. The highest BCUT2D eigenvalue weighted by Crippen LogP contribution is 2.38. The van der Waals surface area contributed by atoms with Gasteiger partial charge in [0.2, 0.25) is 5.88 Å². The van der Waals surface area contributed by atoms with Crippen molar-refractivity contribution in [2.24, 2.45) is 0 Å². The Morgan fingerprint density at radius 1 is 1.14 bits per heavy atom. The van der Waals surface area contributed by atoms with Gasteiger partial charge in [-0.25, -0.2) is 19.7 Å². The van der Waals surface area contributed by atoms with Crippen molar-refractivity contribution in [2.45, 2.75) is 25.8 Å². The highest BCUT2D eigenvalue weighted by atomic mass is 16.5. The molecule has 174 valence electrons. The smallest absolute Gasteiger partial charge is 0.335 e. The molecule has 7 heteroatoms. The number of fused-ring (bicyclic) bond motifs is 1. The third-order valence-electron chi connectivity index (χ3n) is 6.21. The molecule has 0 amide bonds. The first kappa shape index (κ1) is 22.5. The number of pyridine rings is 1. The van der Waals surface area contributed by atoms with E-state index >= 15 is 0 Å². The molecule has 3 heterocycles. The zero-order valence-electron chi connectivity index (χ0n) is 19.3. The molecule has 35 heavy (non-hydrogen) atoms. The molecule has 0 bridgehead atoms. The summed E-state index contributed by atoms with van der Waals surface area (Å²) < 4.78 is 5.77. The summed E-state index contributed by atoms with van der Waals surface area (Å²) in [6.45, 7) is 3.65. The van der Waals surface area contributed by atoms with Crippen molar-refractivity contribution in [3.05, 3.63) is 78.4 Å². The summed E-state index contributed by atoms with van der Waals surface area (Å²) in [5.41, 5.74) is 4.42.